The van der Waals surface area contributed by atoms with Crippen LogP contribution in [0.1, 0.15) is 10.4 Å². The third-order valence-corrected chi connectivity index (χ3v) is 1.70. The Labute approximate surface area is 77.7 Å². The van der Waals surface area contributed by atoms with Crippen LogP contribution in [-0.2, 0) is 0 Å². The molecule has 0 aliphatic rings. The van der Waals surface area contributed by atoms with E-state index in [4.69, 9.17) is 0 Å². The molecular weight excluding hydrogens is 164 g/mol. The summed E-state index contributed by atoms with van der Waals surface area (Å²) in [5, 5.41) is 0. The molecule has 0 saturated heterocycles. The summed E-state index contributed by atoms with van der Waals surface area (Å²) in [4.78, 5) is 16.7. The van der Waals surface area contributed by atoms with E-state index in [-0.39, 0.29) is 5.91 Å². The summed E-state index contributed by atoms with van der Waals surface area (Å²) in [7, 11) is 3.45. The van der Waals surface area contributed by atoms with Crippen LogP contribution in [0.3, 0.4) is 0 Å². The SMILES string of the molecule is C=Nc1ccc(C(=O)N(C)C)cc1. The van der Waals surface area contributed by atoms with E-state index in [2.05, 4.69) is 11.7 Å². The Kier molecular flexibility index (Phi) is 2.80. The molecule has 1 aromatic carbocycles. The van der Waals surface area contributed by atoms with E-state index in [1.54, 1.807) is 38.4 Å². The van der Waals surface area contributed by atoms with Gasteiger partial charge in [-0.2, -0.15) is 0 Å². The topological polar surface area (TPSA) is 32.7 Å². The van der Waals surface area contributed by atoms with Crippen molar-refractivity contribution in [3.05, 3.63) is 29.8 Å². The van der Waals surface area contributed by atoms with E-state index in [9.17, 15) is 4.79 Å². The van der Waals surface area contributed by atoms with Gasteiger partial charge in [0.15, 0.2) is 0 Å². The lowest BCUT2D eigenvalue weighted by atomic mass is 10.2. The van der Waals surface area contributed by atoms with Gasteiger partial charge in [-0.1, -0.05) is 0 Å². The monoisotopic (exact) mass is 176 g/mol. The zero-order valence-corrected chi connectivity index (χ0v) is 7.82. The Hall–Kier alpha value is -1.64. The Morgan fingerprint density at radius 2 is 1.85 bits per heavy atom. The molecular formula is C10H12N2O. The lowest BCUT2D eigenvalue weighted by Crippen LogP contribution is -2.21. The average molecular weight is 176 g/mol. The van der Waals surface area contributed by atoms with Crippen LogP contribution in [0, 0.1) is 0 Å². The maximum absolute atomic E-state index is 11.4. The van der Waals surface area contributed by atoms with E-state index in [0.29, 0.717) is 5.56 Å². The number of hydrogen-bond donors (Lipinski definition) is 0. The van der Waals surface area contributed by atoms with Gasteiger partial charge in [0.1, 0.15) is 0 Å². The highest BCUT2D eigenvalue weighted by Gasteiger charge is 2.06. The Morgan fingerprint density at radius 3 is 2.23 bits per heavy atom. The van der Waals surface area contributed by atoms with Crippen molar-refractivity contribution in [2.24, 2.45) is 4.99 Å². The Balaban J connectivity index is 2.92. The number of carbonyl (C=O) groups is 1. The zero-order valence-electron chi connectivity index (χ0n) is 7.82. The van der Waals surface area contributed by atoms with E-state index in [1.807, 2.05) is 0 Å². The number of aliphatic imine (C=N–C) groups is 1. The maximum atomic E-state index is 11.4. The third kappa shape index (κ3) is 2.15. The van der Waals surface area contributed by atoms with Crippen molar-refractivity contribution < 1.29 is 4.79 Å². The van der Waals surface area contributed by atoms with E-state index >= 15 is 0 Å². The van der Waals surface area contributed by atoms with Gasteiger partial charge in [-0.25, -0.2) is 0 Å². The second-order valence-corrected chi connectivity index (χ2v) is 2.90. The van der Waals surface area contributed by atoms with Crippen molar-refractivity contribution in [3.8, 4) is 0 Å². The molecule has 0 saturated carbocycles. The molecule has 0 aliphatic carbocycles. The van der Waals surface area contributed by atoms with Gasteiger partial charge in [-0.3, -0.25) is 9.79 Å². The highest BCUT2D eigenvalue weighted by molar-refractivity contribution is 5.94. The fourth-order valence-corrected chi connectivity index (χ4v) is 0.968. The predicted octanol–water partition coefficient (Wildman–Crippen LogP) is 1.72. The lowest BCUT2D eigenvalue weighted by Gasteiger charge is -2.09. The van der Waals surface area contributed by atoms with Crippen molar-refractivity contribution in [3.63, 3.8) is 0 Å². The van der Waals surface area contributed by atoms with Crippen LogP contribution in [0.25, 0.3) is 0 Å². The van der Waals surface area contributed by atoms with E-state index in [0.717, 1.165) is 5.69 Å². The van der Waals surface area contributed by atoms with Gasteiger partial charge >= 0.3 is 0 Å². The minimum absolute atomic E-state index is 0.00406. The highest BCUT2D eigenvalue weighted by Crippen LogP contribution is 2.12. The van der Waals surface area contributed by atoms with Gasteiger partial charge in [0.05, 0.1) is 5.69 Å². The minimum atomic E-state index is -0.00406. The molecule has 0 bridgehead atoms. The standard InChI is InChI=1S/C10H12N2O/c1-11-9-6-4-8(5-7-9)10(13)12(2)3/h4-7H,1H2,2-3H3. The summed E-state index contributed by atoms with van der Waals surface area (Å²) in [6, 6.07) is 7.02. The fraction of sp³-hybridized carbons (Fsp3) is 0.200. The molecule has 0 aromatic heterocycles. The van der Waals surface area contributed by atoms with Crippen LogP contribution in [-0.4, -0.2) is 31.6 Å². The van der Waals surface area contributed by atoms with Gasteiger partial charge in [0.2, 0.25) is 0 Å². The molecule has 0 aliphatic heterocycles. The number of rotatable bonds is 2. The number of carbonyl (C=O) groups excluding carboxylic acids is 1. The second kappa shape index (κ2) is 3.85. The summed E-state index contributed by atoms with van der Waals surface area (Å²) in [5.74, 6) is -0.00406. The molecule has 1 aromatic rings. The first-order valence-corrected chi connectivity index (χ1v) is 3.93. The summed E-state index contributed by atoms with van der Waals surface area (Å²) in [6.45, 7) is 3.40. The van der Waals surface area contributed by atoms with Gasteiger partial charge in [-0.05, 0) is 31.0 Å². The summed E-state index contributed by atoms with van der Waals surface area (Å²) >= 11 is 0. The first-order valence-electron chi connectivity index (χ1n) is 3.93. The molecule has 0 fully saturated rings. The van der Waals surface area contributed by atoms with Crippen LogP contribution in [0.2, 0.25) is 0 Å². The summed E-state index contributed by atoms with van der Waals surface area (Å²) < 4.78 is 0. The molecule has 0 atom stereocenters. The molecule has 1 rings (SSSR count). The molecule has 0 heterocycles. The number of benzene rings is 1. The molecule has 0 unspecified atom stereocenters. The molecule has 0 N–H and O–H groups in total. The van der Waals surface area contributed by atoms with Crippen molar-refractivity contribution in [1.29, 1.82) is 0 Å². The predicted molar refractivity (Wildman–Crippen MR) is 53.7 cm³/mol. The number of amides is 1. The van der Waals surface area contributed by atoms with Gasteiger partial charge in [-0.15, -0.1) is 0 Å². The summed E-state index contributed by atoms with van der Waals surface area (Å²) in [5.41, 5.74) is 1.44. The fourth-order valence-electron chi connectivity index (χ4n) is 0.968. The van der Waals surface area contributed by atoms with Crippen LogP contribution >= 0.6 is 0 Å². The zero-order chi connectivity index (χ0) is 9.84. The minimum Gasteiger partial charge on any atom is -0.345 e. The molecule has 3 nitrogen and oxygen atoms in total. The first-order chi connectivity index (χ1) is 6.15. The quantitative estimate of drug-likeness (QED) is 0.631. The Bertz CT molecular complexity index is 314. The maximum Gasteiger partial charge on any atom is 0.253 e. The van der Waals surface area contributed by atoms with E-state index in [1.165, 1.54) is 4.90 Å². The second-order valence-electron chi connectivity index (χ2n) is 2.90. The average Bonchev–Trinajstić information content (AvgIpc) is 2.17. The van der Waals surface area contributed by atoms with Gasteiger partial charge in [0.25, 0.3) is 5.91 Å². The molecule has 0 radical (unpaired) electrons. The molecule has 3 heteroatoms. The number of nitrogens with zero attached hydrogens (tertiary/aromatic N) is 2. The van der Waals surface area contributed by atoms with Crippen LogP contribution in [0.5, 0.6) is 0 Å². The van der Waals surface area contributed by atoms with Crippen molar-refractivity contribution in [2.45, 2.75) is 0 Å². The van der Waals surface area contributed by atoms with Crippen LogP contribution < -0.4 is 0 Å². The molecule has 13 heavy (non-hydrogen) atoms. The molecule has 0 spiro atoms. The highest BCUT2D eigenvalue weighted by atomic mass is 16.2. The van der Waals surface area contributed by atoms with Crippen molar-refractivity contribution in [2.75, 3.05) is 14.1 Å². The van der Waals surface area contributed by atoms with Crippen molar-refractivity contribution >= 4 is 18.3 Å². The van der Waals surface area contributed by atoms with Crippen LogP contribution in [0.15, 0.2) is 29.3 Å². The van der Waals surface area contributed by atoms with Crippen LogP contribution in [0.4, 0.5) is 5.69 Å². The van der Waals surface area contributed by atoms with Gasteiger partial charge in [0, 0.05) is 19.7 Å². The van der Waals surface area contributed by atoms with Crippen molar-refractivity contribution in [1.82, 2.24) is 4.90 Å². The Morgan fingerprint density at radius 1 is 1.31 bits per heavy atom. The largest absolute Gasteiger partial charge is 0.345 e. The normalized spacial score (nSPS) is 9.38. The molecule has 68 valence electrons. The molecule has 1 amide bonds. The third-order valence-electron chi connectivity index (χ3n) is 1.70. The number of hydrogen-bond acceptors (Lipinski definition) is 2. The van der Waals surface area contributed by atoms with E-state index < -0.39 is 0 Å². The smallest absolute Gasteiger partial charge is 0.253 e. The first kappa shape index (κ1) is 9.45. The summed E-state index contributed by atoms with van der Waals surface area (Å²) in [6.07, 6.45) is 0. The van der Waals surface area contributed by atoms with Gasteiger partial charge < -0.3 is 4.90 Å². The lowest BCUT2D eigenvalue weighted by molar-refractivity contribution is 0.0827.